The average Bonchev–Trinajstić information content (AvgIpc) is 2.30. The van der Waals surface area contributed by atoms with Gasteiger partial charge >= 0.3 is 51.4 Å². The second-order valence-electron chi connectivity index (χ2n) is 4.69. The van der Waals surface area contributed by atoms with Crippen LogP contribution in [0.5, 0.6) is 0 Å². The molecule has 0 aromatic heterocycles. The second-order valence-corrected chi connectivity index (χ2v) is 4.69. The molecule has 0 atom stereocenters. The molecule has 0 aliphatic heterocycles. The minimum absolute atomic E-state index is 0. The van der Waals surface area contributed by atoms with E-state index in [2.05, 4.69) is 6.92 Å². The van der Waals surface area contributed by atoms with Crippen molar-refractivity contribution in [1.82, 2.24) is 0 Å². The van der Waals surface area contributed by atoms with Crippen LogP contribution in [-0.2, 0) is 4.79 Å². The van der Waals surface area contributed by atoms with E-state index in [4.69, 9.17) is 0 Å². The summed E-state index contributed by atoms with van der Waals surface area (Å²) in [5.74, 6) is -1.09. The number of carboxylic acid groups (broad SMARTS) is 1. The smallest absolute Gasteiger partial charge is 0.545 e. The van der Waals surface area contributed by atoms with Crippen molar-refractivity contribution in [3.63, 3.8) is 0 Å². The molecule has 0 N–H and O–H groups in total. The molecule has 3 heteroatoms. The minimum Gasteiger partial charge on any atom is -0.545 e. The second kappa shape index (κ2) is 17.8. The Labute approximate surface area is 155 Å². The summed E-state index contributed by atoms with van der Waals surface area (Å²) in [6.45, 7) is 2.24. The summed E-state index contributed by atoms with van der Waals surface area (Å²) in [5, 5.41) is 10.1. The Morgan fingerprint density at radius 2 is 1.33 bits per heavy atom. The van der Waals surface area contributed by atoms with Gasteiger partial charge in [-0.3, -0.25) is 0 Å². The van der Waals surface area contributed by atoms with E-state index in [1.807, 2.05) is 0 Å². The molecule has 0 amide bonds. The van der Waals surface area contributed by atoms with Crippen LogP contribution in [0.25, 0.3) is 0 Å². The van der Waals surface area contributed by atoms with Gasteiger partial charge in [0.2, 0.25) is 0 Å². The summed E-state index contributed by atoms with van der Waals surface area (Å²) in [7, 11) is 0. The van der Waals surface area contributed by atoms with E-state index in [1.165, 1.54) is 57.8 Å². The predicted molar refractivity (Wildman–Crippen MR) is 70.6 cm³/mol. The number of rotatable bonds is 12. The number of hydrogen-bond acceptors (Lipinski definition) is 2. The summed E-state index contributed by atoms with van der Waals surface area (Å²) in [5.41, 5.74) is 0. The van der Waals surface area contributed by atoms with Gasteiger partial charge in [0.25, 0.3) is 0 Å². The van der Waals surface area contributed by atoms with E-state index >= 15 is 0 Å². The first-order valence-corrected chi connectivity index (χ1v) is 7.15. The molecular weight excluding hydrogens is 251 g/mol. The maximum Gasteiger partial charge on any atom is 1.00 e. The first-order chi connectivity index (χ1) is 8.27. The van der Waals surface area contributed by atoms with E-state index in [0.717, 1.165) is 18.9 Å². The number of allylic oxidation sites excluding steroid dienone is 1. The van der Waals surface area contributed by atoms with Crippen molar-refractivity contribution in [2.75, 3.05) is 0 Å². The molecule has 0 heterocycles. The van der Waals surface area contributed by atoms with Crippen molar-refractivity contribution in [3.05, 3.63) is 12.2 Å². The van der Waals surface area contributed by atoms with Gasteiger partial charge in [0.15, 0.2) is 0 Å². The van der Waals surface area contributed by atoms with Crippen molar-refractivity contribution in [2.24, 2.45) is 0 Å². The van der Waals surface area contributed by atoms with Gasteiger partial charge in [-0.2, -0.15) is 0 Å². The number of carbonyl (C=O) groups is 1. The summed E-state index contributed by atoms with van der Waals surface area (Å²) in [6, 6.07) is 0. The minimum atomic E-state index is -1.09. The maximum absolute atomic E-state index is 10.1. The number of hydrogen-bond donors (Lipinski definition) is 0. The molecule has 0 spiro atoms. The van der Waals surface area contributed by atoms with Crippen LogP contribution in [0.1, 0.15) is 77.6 Å². The standard InChI is InChI=1S/C15H28O2.K/c1-2-3-4-5-6-7-8-9-10-11-12-13-14-15(16)17;/h13-14H,2-12H2,1H3,(H,16,17);/q;+1/p-1. The first-order valence-electron chi connectivity index (χ1n) is 7.15. The van der Waals surface area contributed by atoms with Gasteiger partial charge in [-0.1, -0.05) is 70.8 Å². The van der Waals surface area contributed by atoms with Gasteiger partial charge in [0, 0.05) is 0 Å². The zero-order valence-corrected chi connectivity index (χ0v) is 15.4. The molecule has 0 saturated carbocycles. The van der Waals surface area contributed by atoms with E-state index < -0.39 is 5.97 Å². The topological polar surface area (TPSA) is 40.1 Å². The Kier molecular flexibility index (Phi) is 21.0. The number of carboxylic acids is 1. The SMILES string of the molecule is CCCCCCCCCCCCC=CC(=O)[O-].[K+]. The molecule has 0 unspecified atom stereocenters. The fraction of sp³-hybridized carbons (Fsp3) is 0.800. The van der Waals surface area contributed by atoms with Crippen LogP contribution in [0, 0.1) is 0 Å². The molecule has 18 heavy (non-hydrogen) atoms. The van der Waals surface area contributed by atoms with Crippen LogP contribution in [-0.4, -0.2) is 5.97 Å². The summed E-state index contributed by atoms with van der Waals surface area (Å²) >= 11 is 0. The molecule has 0 saturated heterocycles. The van der Waals surface area contributed by atoms with Crippen LogP contribution in [0.15, 0.2) is 12.2 Å². The van der Waals surface area contributed by atoms with Crippen LogP contribution < -0.4 is 56.5 Å². The molecule has 0 rings (SSSR count). The molecule has 0 bridgehead atoms. The Morgan fingerprint density at radius 3 is 1.78 bits per heavy atom. The number of unbranched alkanes of at least 4 members (excludes halogenated alkanes) is 10. The van der Waals surface area contributed by atoms with Gasteiger partial charge in [-0.15, -0.1) is 0 Å². The Bertz CT molecular complexity index is 203. The van der Waals surface area contributed by atoms with Crippen molar-refractivity contribution in [2.45, 2.75) is 77.6 Å². The van der Waals surface area contributed by atoms with Gasteiger partial charge in [-0.25, -0.2) is 0 Å². The van der Waals surface area contributed by atoms with Crippen molar-refractivity contribution >= 4 is 5.97 Å². The molecular formula is C15H27KO2. The molecule has 0 aromatic rings. The quantitative estimate of drug-likeness (QED) is 0.298. The number of aliphatic carboxylic acids is 1. The third kappa shape index (κ3) is 19.2. The summed E-state index contributed by atoms with van der Waals surface area (Å²) in [6.07, 6.45) is 16.8. The monoisotopic (exact) mass is 278 g/mol. The van der Waals surface area contributed by atoms with Gasteiger partial charge in [0.1, 0.15) is 0 Å². The maximum atomic E-state index is 10.1. The van der Waals surface area contributed by atoms with Crippen molar-refractivity contribution in [3.8, 4) is 0 Å². The molecule has 0 aliphatic rings. The Hall–Kier alpha value is 0.846. The van der Waals surface area contributed by atoms with E-state index in [9.17, 15) is 9.90 Å². The molecule has 2 nitrogen and oxygen atoms in total. The van der Waals surface area contributed by atoms with Crippen LogP contribution in [0.2, 0.25) is 0 Å². The Balaban J connectivity index is 0. The van der Waals surface area contributed by atoms with E-state index in [1.54, 1.807) is 6.08 Å². The third-order valence-corrected chi connectivity index (χ3v) is 2.98. The molecule has 0 radical (unpaired) electrons. The predicted octanol–water partition coefficient (Wildman–Crippen LogP) is 0.608. The Morgan fingerprint density at radius 1 is 0.889 bits per heavy atom. The third-order valence-electron chi connectivity index (χ3n) is 2.98. The average molecular weight is 278 g/mol. The zero-order valence-electron chi connectivity index (χ0n) is 12.2. The van der Waals surface area contributed by atoms with Crippen molar-refractivity contribution in [1.29, 1.82) is 0 Å². The van der Waals surface area contributed by atoms with Gasteiger partial charge in [0.05, 0.1) is 5.97 Å². The fourth-order valence-corrected chi connectivity index (χ4v) is 1.93. The van der Waals surface area contributed by atoms with Crippen LogP contribution >= 0.6 is 0 Å². The van der Waals surface area contributed by atoms with Gasteiger partial charge in [-0.05, 0) is 18.9 Å². The van der Waals surface area contributed by atoms with E-state index in [0.29, 0.717) is 0 Å². The van der Waals surface area contributed by atoms with Gasteiger partial charge < -0.3 is 9.90 Å². The van der Waals surface area contributed by atoms with E-state index in [-0.39, 0.29) is 51.4 Å². The van der Waals surface area contributed by atoms with Crippen molar-refractivity contribution < 1.29 is 61.3 Å². The largest absolute Gasteiger partial charge is 1.00 e. The van der Waals surface area contributed by atoms with Crippen LogP contribution in [0.3, 0.4) is 0 Å². The summed E-state index contributed by atoms with van der Waals surface area (Å²) in [4.78, 5) is 10.1. The molecule has 0 fully saturated rings. The summed E-state index contributed by atoms with van der Waals surface area (Å²) < 4.78 is 0. The fourth-order valence-electron chi connectivity index (χ4n) is 1.93. The van der Waals surface area contributed by atoms with Crippen LogP contribution in [0.4, 0.5) is 0 Å². The zero-order chi connectivity index (χ0) is 12.8. The first kappa shape index (κ1) is 21.2. The molecule has 0 aromatic carbocycles. The normalized spacial score (nSPS) is 10.5. The molecule has 100 valence electrons. The molecule has 0 aliphatic carbocycles. The number of carbonyl (C=O) groups excluding carboxylic acids is 1.